The number of hydrogen-bond acceptors (Lipinski definition) is 4. The number of aromatic amines is 1. The number of carbonyl (C=O) groups is 2. The topological polar surface area (TPSA) is 96.1 Å². The summed E-state index contributed by atoms with van der Waals surface area (Å²) in [5.41, 5.74) is 2.22. The van der Waals surface area contributed by atoms with Crippen LogP contribution in [0.15, 0.2) is 16.9 Å². The molecule has 2 saturated carbocycles. The van der Waals surface area contributed by atoms with Crippen molar-refractivity contribution in [1.29, 1.82) is 0 Å². The van der Waals surface area contributed by atoms with Gasteiger partial charge in [-0.15, -0.1) is 0 Å². The Hall–Kier alpha value is -2.09. The molecule has 0 radical (unpaired) electrons. The minimum absolute atomic E-state index is 0.0444. The molecule has 0 spiro atoms. The highest BCUT2D eigenvalue weighted by Crippen LogP contribution is 2.52. The molecule has 7 nitrogen and oxygen atoms in total. The largest absolute Gasteiger partial charge is 0.444 e. The predicted octanol–water partition coefficient (Wildman–Crippen LogP) is 5.86. The van der Waals surface area contributed by atoms with Crippen molar-refractivity contribution in [2.24, 2.45) is 11.3 Å². The summed E-state index contributed by atoms with van der Waals surface area (Å²) in [4.78, 5) is 32.8. The number of alkyl carbamates (subject to hydrolysis) is 1. The van der Waals surface area contributed by atoms with Crippen LogP contribution < -0.4 is 10.6 Å². The maximum Gasteiger partial charge on any atom is 0.407 e. The number of fused-ring (bicyclic) bond motifs is 1. The van der Waals surface area contributed by atoms with Gasteiger partial charge in [-0.2, -0.15) is 0 Å². The molecule has 8 heteroatoms. The van der Waals surface area contributed by atoms with Crippen molar-refractivity contribution >= 4 is 44.7 Å². The molecule has 174 valence electrons. The van der Waals surface area contributed by atoms with Crippen LogP contribution in [0.1, 0.15) is 78.2 Å². The minimum atomic E-state index is -0.521. The quantitative estimate of drug-likeness (QED) is 0.485. The lowest BCUT2D eigenvalue weighted by Gasteiger charge is -2.31. The van der Waals surface area contributed by atoms with Gasteiger partial charge in [-0.1, -0.05) is 20.3 Å². The monoisotopic (exact) mass is 504 g/mol. The Morgan fingerprint density at radius 1 is 1.28 bits per heavy atom. The van der Waals surface area contributed by atoms with Gasteiger partial charge in [-0.25, -0.2) is 9.78 Å². The number of halogens is 1. The molecule has 2 aliphatic rings. The van der Waals surface area contributed by atoms with E-state index in [0.29, 0.717) is 0 Å². The summed E-state index contributed by atoms with van der Waals surface area (Å²) in [5, 5.41) is 7.14. The highest BCUT2D eigenvalue weighted by molar-refractivity contribution is 9.10. The van der Waals surface area contributed by atoms with Gasteiger partial charge in [0.1, 0.15) is 11.2 Å². The first-order valence-electron chi connectivity index (χ1n) is 11.4. The molecule has 2 aliphatic carbocycles. The van der Waals surface area contributed by atoms with Crippen molar-refractivity contribution in [2.75, 3.05) is 5.32 Å². The van der Waals surface area contributed by atoms with Gasteiger partial charge in [-0.05, 0) is 79.3 Å². The number of pyridine rings is 1. The molecule has 2 unspecified atom stereocenters. The predicted molar refractivity (Wildman–Crippen MR) is 129 cm³/mol. The van der Waals surface area contributed by atoms with Gasteiger partial charge in [0, 0.05) is 34.2 Å². The Kier molecular flexibility index (Phi) is 6.03. The van der Waals surface area contributed by atoms with Crippen LogP contribution in [0.25, 0.3) is 11.0 Å². The van der Waals surface area contributed by atoms with Gasteiger partial charge in [0.25, 0.3) is 0 Å². The lowest BCUT2D eigenvalue weighted by molar-refractivity contribution is -0.118. The number of nitrogens with zero attached hydrogens (tertiary/aromatic N) is 1. The number of rotatable bonds is 4. The highest BCUT2D eigenvalue weighted by Gasteiger charge is 2.50. The van der Waals surface area contributed by atoms with Gasteiger partial charge in [0.15, 0.2) is 0 Å². The zero-order valence-electron chi connectivity index (χ0n) is 19.5. The average molecular weight is 505 g/mol. The number of aromatic nitrogens is 2. The van der Waals surface area contributed by atoms with Gasteiger partial charge >= 0.3 is 6.09 Å². The standard InChI is InChI=1S/C24H33BrN4O3/c1-23(2,3)32-22(31)28-14-8-6-7-13(9-14)18-16(25)11-26-20-19(18)17(12-27-20)29-21(30)15-10-24(15,4)5/h11-15H,6-10H2,1-5H3,(H,26,27)(H,28,31)(H,29,30)/t13?,14-,15?/m1/s1. The molecule has 2 aromatic rings. The normalized spacial score (nSPS) is 24.8. The van der Waals surface area contributed by atoms with E-state index in [-0.39, 0.29) is 35.3 Å². The third kappa shape index (κ3) is 4.95. The molecule has 0 bridgehead atoms. The molecular formula is C24H33BrN4O3. The maximum atomic E-state index is 12.8. The lowest BCUT2D eigenvalue weighted by atomic mass is 9.80. The molecule has 3 N–H and O–H groups in total. The number of hydrogen-bond donors (Lipinski definition) is 3. The number of amides is 2. The fraction of sp³-hybridized carbons (Fsp3) is 0.625. The summed E-state index contributed by atoms with van der Waals surface area (Å²) >= 11 is 3.71. The summed E-state index contributed by atoms with van der Waals surface area (Å²) in [6.07, 6.45) is 7.94. The smallest absolute Gasteiger partial charge is 0.407 e. The Morgan fingerprint density at radius 2 is 2.00 bits per heavy atom. The number of ether oxygens (including phenoxy) is 1. The van der Waals surface area contributed by atoms with Crippen molar-refractivity contribution in [1.82, 2.24) is 15.3 Å². The number of anilines is 1. The zero-order valence-corrected chi connectivity index (χ0v) is 21.1. The summed E-state index contributed by atoms with van der Waals surface area (Å²) in [7, 11) is 0. The lowest BCUT2D eigenvalue weighted by Crippen LogP contribution is -2.41. The van der Waals surface area contributed by atoms with Gasteiger partial charge in [0.05, 0.1) is 5.69 Å². The molecular weight excluding hydrogens is 472 g/mol. The van der Waals surface area contributed by atoms with Crippen molar-refractivity contribution in [3.63, 3.8) is 0 Å². The highest BCUT2D eigenvalue weighted by atomic mass is 79.9. The molecule has 2 fully saturated rings. The molecule has 2 heterocycles. The van der Waals surface area contributed by atoms with Crippen LogP contribution in [0.3, 0.4) is 0 Å². The van der Waals surface area contributed by atoms with Gasteiger partial charge in [-0.3, -0.25) is 4.79 Å². The van der Waals surface area contributed by atoms with Crippen molar-refractivity contribution in [3.8, 4) is 0 Å². The first-order chi connectivity index (χ1) is 14.9. The second kappa shape index (κ2) is 8.36. The van der Waals surface area contributed by atoms with E-state index < -0.39 is 5.60 Å². The van der Waals surface area contributed by atoms with E-state index in [0.717, 1.165) is 58.9 Å². The first kappa shape index (κ1) is 23.1. The summed E-state index contributed by atoms with van der Waals surface area (Å²) < 4.78 is 6.37. The fourth-order valence-electron chi connectivity index (χ4n) is 4.79. The Morgan fingerprint density at radius 3 is 2.66 bits per heavy atom. The molecule has 0 saturated heterocycles. The van der Waals surface area contributed by atoms with E-state index in [9.17, 15) is 9.59 Å². The van der Waals surface area contributed by atoms with E-state index in [1.807, 2.05) is 33.2 Å². The van der Waals surface area contributed by atoms with Crippen LogP contribution in [0.2, 0.25) is 0 Å². The number of H-pyrrole nitrogens is 1. The van der Waals surface area contributed by atoms with E-state index in [4.69, 9.17) is 4.74 Å². The maximum absolute atomic E-state index is 12.8. The zero-order chi connectivity index (χ0) is 23.3. The second-order valence-corrected chi connectivity index (χ2v) is 11.7. The summed E-state index contributed by atoms with van der Waals surface area (Å²) in [6, 6.07) is 0.0444. The molecule has 32 heavy (non-hydrogen) atoms. The van der Waals surface area contributed by atoms with Gasteiger partial charge in [0.2, 0.25) is 5.91 Å². The van der Waals surface area contributed by atoms with E-state index in [1.165, 1.54) is 0 Å². The molecule has 0 aromatic carbocycles. The summed E-state index contributed by atoms with van der Waals surface area (Å²) in [6.45, 7) is 9.84. The van der Waals surface area contributed by atoms with E-state index >= 15 is 0 Å². The molecule has 4 rings (SSSR count). The van der Waals surface area contributed by atoms with E-state index in [1.54, 1.807) is 0 Å². The minimum Gasteiger partial charge on any atom is -0.444 e. The average Bonchev–Trinajstić information content (AvgIpc) is 3.14. The second-order valence-electron chi connectivity index (χ2n) is 10.9. The van der Waals surface area contributed by atoms with Crippen LogP contribution in [-0.4, -0.2) is 33.6 Å². The SMILES string of the molecule is CC(C)(C)OC(=O)N[C@@H]1CCCC(c2c(Br)cnc3[nH]cc(NC(=O)C4CC4(C)C)c23)C1. The third-order valence-electron chi connectivity index (χ3n) is 6.58. The number of nitrogens with one attached hydrogen (secondary N) is 3. The van der Waals surface area contributed by atoms with Crippen LogP contribution in [-0.2, 0) is 9.53 Å². The molecule has 0 aliphatic heterocycles. The molecule has 3 atom stereocenters. The van der Waals surface area contributed by atoms with Gasteiger partial charge < -0.3 is 20.4 Å². The summed E-state index contributed by atoms with van der Waals surface area (Å²) in [5.74, 6) is 0.343. The Bertz CT molecular complexity index is 1040. The Balaban J connectivity index is 1.56. The first-order valence-corrected chi connectivity index (χ1v) is 12.2. The molecule has 2 amide bonds. The van der Waals surface area contributed by atoms with Crippen molar-refractivity contribution in [3.05, 3.63) is 22.4 Å². The fourth-order valence-corrected chi connectivity index (χ4v) is 5.41. The van der Waals surface area contributed by atoms with Crippen LogP contribution >= 0.6 is 15.9 Å². The van der Waals surface area contributed by atoms with Crippen LogP contribution in [0.4, 0.5) is 10.5 Å². The molecule has 2 aromatic heterocycles. The van der Waals surface area contributed by atoms with Crippen molar-refractivity contribution in [2.45, 2.75) is 84.3 Å². The Labute approximate surface area is 197 Å². The van der Waals surface area contributed by atoms with Crippen LogP contribution in [0.5, 0.6) is 0 Å². The van der Waals surface area contributed by atoms with E-state index in [2.05, 4.69) is 50.4 Å². The number of carbonyl (C=O) groups excluding carboxylic acids is 2. The van der Waals surface area contributed by atoms with Crippen LogP contribution in [0, 0.1) is 11.3 Å². The third-order valence-corrected chi connectivity index (χ3v) is 7.22. The van der Waals surface area contributed by atoms with Crippen molar-refractivity contribution < 1.29 is 14.3 Å².